The highest BCUT2D eigenvalue weighted by molar-refractivity contribution is 5.83. The average molecular weight is 483 g/mol. The second-order valence-electron chi connectivity index (χ2n) is 9.89. The molecule has 2 aliphatic heterocycles. The molecule has 2 amide bonds. The van der Waals surface area contributed by atoms with Crippen molar-refractivity contribution in [3.63, 3.8) is 0 Å². The number of aryl methyl sites for hydroxylation is 1. The first kappa shape index (κ1) is 25.0. The standard InChI is InChI=1S/C26H35FN6O2/c1-15(2)19(13-21(29-4)25(28)34)26(35)33-10-5-6-23(33)20-14-24(31-16(3)30-20)32-11-9-17-12-18(27)7-8-22(17)32/h7-8,12,14-15,19,21,23,29H,5-6,9-11,13H2,1-4H3,(H2,28,34). The molecule has 1 aromatic carbocycles. The fraction of sp³-hybridized carbons (Fsp3) is 0.538. The Kier molecular flexibility index (Phi) is 7.35. The maximum absolute atomic E-state index is 13.7. The molecule has 3 N–H and O–H groups in total. The lowest BCUT2D eigenvalue weighted by atomic mass is 9.87. The van der Waals surface area contributed by atoms with E-state index in [-0.39, 0.29) is 29.6 Å². The fourth-order valence-electron chi connectivity index (χ4n) is 5.33. The third kappa shape index (κ3) is 5.15. The van der Waals surface area contributed by atoms with E-state index in [0.29, 0.717) is 18.8 Å². The van der Waals surface area contributed by atoms with E-state index in [1.807, 2.05) is 31.7 Å². The molecule has 3 heterocycles. The Labute approximate surface area is 206 Å². The van der Waals surface area contributed by atoms with Crippen molar-refractivity contribution < 1.29 is 14.0 Å². The van der Waals surface area contributed by atoms with Crippen LogP contribution in [0.1, 0.15) is 56.2 Å². The van der Waals surface area contributed by atoms with Crippen molar-refractivity contribution in [3.05, 3.63) is 47.2 Å². The quantitative estimate of drug-likeness (QED) is 0.599. The minimum atomic E-state index is -0.555. The molecule has 2 aliphatic rings. The van der Waals surface area contributed by atoms with Gasteiger partial charge in [0, 0.05) is 30.8 Å². The van der Waals surface area contributed by atoms with Crippen LogP contribution < -0.4 is 16.0 Å². The van der Waals surface area contributed by atoms with Crippen LogP contribution in [0.15, 0.2) is 24.3 Å². The minimum absolute atomic E-state index is 0.0313. The molecule has 0 radical (unpaired) electrons. The molecular formula is C26H35FN6O2. The van der Waals surface area contributed by atoms with Gasteiger partial charge in [0.15, 0.2) is 0 Å². The number of benzene rings is 1. The van der Waals surface area contributed by atoms with E-state index in [1.54, 1.807) is 19.2 Å². The molecule has 35 heavy (non-hydrogen) atoms. The summed E-state index contributed by atoms with van der Waals surface area (Å²) in [5, 5.41) is 2.94. The van der Waals surface area contributed by atoms with Crippen molar-refractivity contribution in [1.29, 1.82) is 0 Å². The van der Waals surface area contributed by atoms with Gasteiger partial charge >= 0.3 is 0 Å². The van der Waals surface area contributed by atoms with E-state index in [2.05, 4.69) is 15.2 Å². The molecule has 0 bridgehead atoms. The zero-order chi connectivity index (χ0) is 25.3. The number of anilines is 2. The van der Waals surface area contributed by atoms with E-state index in [9.17, 15) is 14.0 Å². The maximum Gasteiger partial charge on any atom is 0.234 e. The number of likely N-dealkylation sites (N-methyl/N-ethyl adjacent to an activating group) is 1. The highest BCUT2D eigenvalue weighted by atomic mass is 19.1. The smallest absolute Gasteiger partial charge is 0.234 e. The Morgan fingerprint density at radius 1 is 1.23 bits per heavy atom. The van der Waals surface area contributed by atoms with Crippen LogP contribution in [-0.4, -0.2) is 52.9 Å². The molecule has 1 saturated heterocycles. The number of carbonyl (C=O) groups excluding carboxylic acids is 2. The monoisotopic (exact) mass is 482 g/mol. The number of rotatable bonds is 8. The summed E-state index contributed by atoms with van der Waals surface area (Å²) < 4.78 is 13.7. The van der Waals surface area contributed by atoms with Gasteiger partial charge < -0.3 is 20.9 Å². The van der Waals surface area contributed by atoms with Crippen LogP contribution in [0.4, 0.5) is 15.9 Å². The number of aromatic nitrogens is 2. The van der Waals surface area contributed by atoms with Crippen molar-refractivity contribution in [2.75, 3.05) is 25.0 Å². The van der Waals surface area contributed by atoms with Gasteiger partial charge in [0.25, 0.3) is 0 Å². The summed E-state index contributed by atoms with van der Waals surface area (Å²) in [5.41, 5.74) is 8.27. The molecule has 1 fully saturated rings. The Balaban J connectivity index is 1.61. The van der Waals surface area contributed by atoms with E-state index in [0.717, 1.165) is 48.6 Å². The van der Waals surface area contributed by atoms with Crippen molar-refractivity contribution in [2.45, 2.75) is 58.5 Å². The molecule has 4 rings (SSSR count). The number of likely N-dealkylation sites (tertiary alicyclic amines) is 1. The van der Waals surface area contributed by atoms with Crippen molar-refractivity contribution in [2.24, 2.45) is 17.6 Å². The summed E-state index contributed by atoms with van der Waals surface area (Å²) in [6, 6.07) is 6.11. The van der Waals surface area contributed by atoms with Crippen LogP contribution in [0, 0.1) is 24.6 Å². The Hall–Kier alpha value is -3.07. The number of amides is 2. The summed E-state index contributed by atoms with van der Waals surface area (Å²) in [6.07, 6.45) is 2.82. The number of nitrogens with one attached hydrogen (secondary N) is 1. The van der Waals surface area contributed by atoms with Gasteiger partial charge in [-0.15, -0.1) is 0 Å². The third-order valence-corrected chi connectivity index (χ3v) is 7.24. The highest BCUT2D eigenvalue weighted by Crippen LogP contribution is 2.38. The molecule has 3 unspecified atom stereocenters. The minimum Gasteiger partial charge on any atom is -0.368 e. The van der Waals surface area contributed by atoms with Crippen LogP contribution in [-0.2, 0) is 16.0 Å². The lowest BCUT2D eigenvalue weighted by molar-refractivity contribution is -0.138. The first-order valence-corrected chi connectivity index (χ1v) is 12.4. The first-order valence-electron chi connectivity index (χ1n) is 12.4. The summed E-state index contributed by atoms with van der Waals surface area (Å²) >= 11 is 0. The van der Waals surface area contributed by atoms with Gasteiger partial charge in [-0.05, 0) is 69.3 Å². The lowest BCUT2D eigenvalue weighted by Crippen LogP contribution is -2.45. The molecular weight excluding hydrogens is 447 g/mol. The van der Waals surface area contributed by atoms with Crippen molar-refractivity contribution >= 4 is 23.3 Å². The van der Waals surface area contributed by atoms with Gasteiger partial charge in [-0.3, -0.25) is 9.59 Å². The van der Waals surface area contributed by atoms with E-state index in [1.165, 1.54) is 6.07 Å². The fourth-order valence-corrected chi connectivity index (χ4v) is 5.33. The van der Waals surface area contributed by atoms with Gasteiger partial charge in [-0.1, -0.05) is 13.8 Å². The molecule has 0 saturated carbocycles. The van der Waals surface area contributed by atoms with Gasteiger partial charge in [0.2, 0.25) is 11.8 Å². The van der Waals surface area contributed by atoms with E-state index < -0.39 is 11.9 Å². The van der Waals surface area contributed by atoms with E-state index >= 15 is 0 Å². The molecule has 9 heteroatoms. The molecule has 0 spiro atoms. The Bertz CT molecular complexity index is 1110. The van der Waals surface area contributed by atoms with Gasteiger partial charge in [0.1, 0.15) is 17.5 Å². The number of nitrogens with zero attached hydrogens (tertiary/aromatic N) is 4. The van der Waals surface area contributed by atoms with Crippen molar-refractivity contribution in [1.82, 2.24) is 20.2 Å². The zero-order valence-electron chi connectivity index (χ0n) is 20.9. The molecule has 2 aromatic rings. The van der Waals surface area contributed by atoms with Gasteiger partial charge in [0.05, 0.1) is 17.8 Å². The summed E-state index contributed by atoms with van der Waals surface area (Å²) in [5.74, 6) is 0.473. The number of nitrogens with two attached hydrogens (primary N) is 1. The predicted octanol–water partition coefficient (Wildman–Crippen LogP) is 3.02. The largest absolute Gasteiger partial charge is 0.368 e. The summed E-state index contributed by atoms with van der Waals surface area (Å²) in [6.45, 7) is 7.23. The molecule has 0 aliphatic carbocycles. The summed E-state index contributed by atoms with van der Waals surface area (Å²) in [7, 11) is 1.69. The van der Waals surface area contributed by atoms with Crippen LogP contribution in [0.2, 0.25) is 0 Å². The average Bonchev–Trinajstić information content (AvgIpc) is 3.45. The SMILES string of the molecule is CNC(CC(C(=O)N1CCCC1c1cc(N2CCc3cc(F)ccc32)nc(C)n1)C(C)C)C(N)=O. The molecule has 1 aromatic heterocycles. The number of carbonyl (C=O) groups is 2. The summed E-state index contributed by atoms with van der Waals surface area (Å²) in [4.78, 5) is 38.9. The van der Waals surface area contributed by atoms with Crippen LogP contribution in [0.5, 0.6) is 0 Å². The third-order valence-electron chi connectivity index (χ3n) is 7.24. The molecule has 3 atom stereocenters. The highest BCUT2D eigenvalue weighted by Gasteiger charge is 2.38. The van der Waals surface area contributed by atoms with Crippen molar-refractivity contribution in [3.8, 4) is 0 Å². The van der Waals surface area contributed by atoms with Crippen LogP contribution in [0.3, 0.4) is 0 Å². The lowest BCUT2D eigenvalue weighted by Gasteiger charge is -2.32. The Morgan fingerprint density at radius 2 is 2.00 bits per heavy atom. The zero-order valence-corrected chi connectivity index (χ0v) is 20.9. The number of fused-ring (bicyclic) bond motifs is 1. The predicted molar refractivity (Wildman–Crippen MR) is 133 cm³/mol. The number of halogens is 1. The normalized spacial score (nSPS) is 19.2. The van der Waals surface area contributed by atoms with Crippen LogP contribution >= 0.6 is 0 Å². The van der Waals surface area contributed by atoms with Gasteiger partial charge in [-0.2, -0.15) is 0 Å². The number of hydrogen-bond donors (Lipinski definition) is 2. The van der Waals surface area contributed by atoms with Crippen LogP contribution in [0.25, 0.3) is 0 Å². The molecule has 8 nitrogen and oxygen atoms in total. The maximum atomic E-state index is 13.7. The topological polar surface area (TPSA) is 104 Å². The number of primary amides is 1. The Morgan fingerprint density at radius 3 is 2.69 bits per heavy atom. The molecule has 188 valence electrons. The first-order chi connectivity index (χ1) is 16.7. The van der Waals surface area contributed by atoms with Gasteiger partial charge in [-0.25, -0.2) is 14.4 Å². The number of hydrogen-bond acceptors (Lipinski definition) is 6. The second-order valence-corrected chi connectivity index (χ2v) is 9.89. The van der Waals surface area contributed by atoms with E-state index in [4.69, 9.17) is 10.7 Å². The second kappa shape index (κ2) is 10.3.